The summed E-state index contributed by atoms with van der Waals surface area (Å²) in [5, 5.41) is 10.6. The molecule has 1 aromatic rings. The Hall–Kier alpha value is -2.22. The number of aromatic nitrogens is 1. The van der Waals surface area contributed by atoms with Gasteiger partial charge in [0.1, 0.15) is 17.4 Å². The number of halogens is 1. The first-order chi connectivity index (χ1) is 9.95. The van der Waals surface area contributed by atoms with E-state index in [1.54, 1.807) is 0 Å². The number of ether oxygens (including phenoxy) is 1. The first-order valence-corrected chi connectivity index (χ1v) is 6.52. The van der Waals surface area contributed by atoms with Gasteiger partial charge >= 0.3 is 5.97 Å². The zero-order chi connectivity index (χ0) is 15.6. The predicted molar refractivity (Wildman–Crippen MR) is 72.0 cm³/mol. The average Bonchev–Trinajstić information content (AvgIpc) is 2.95. The number of rotatable bonds is 3. The number of hydrogen-bond donors (Lipinski definition) is 0. The second-order valence-corrected chi connectivity index (χ2v) is 4.83. The van der Waals surface area contributed by atoms with Gasteiger partial charge < -0.3 is 9.64 Å². The third-order valence-corrected chi connectivity index (χ3v) is 3.55. The van der Waals surface area contributed by atoms with Gasteiger partial charge in [-0.25, -0.2) is 9.78 Å². The van der Waals surface area contributed by atoms with Crippen molar-refractivity contribution in [2.24, 2.45) is 0 Å². The molecule has 0 saturated carbocycles. The first kappa shape index (κ1) is 15.2. The summed E-state index contributed by atoms with van der Waals surface area (Å²) in [4.78, 5) is 39.1. The van der Waals surface area contributed by atoms with Crippen molar-refractivity contribution in [3.63, 3.8) is 0 Å². The van der Waals surface area contributed by atoms with Crippen molar-refractivity contribution in [1.82, 2.24) is 9.88 Å². The Morgan fingerprint density at radius 3 is 2.90 bits per heavy atom. The summed E-state index contributed by atoms with van der Waals surface area (Å²) in [5.74, 6) is -1.08. The van der Waals surface area contributed by atoms with Crippen LogP contribution in [0.3, 0.4) is 0 Å². The van der Waals surface area contributed by atoms with Crippen LogP contribution in [0.15, 0.2) is 12.3 Å². The van der Waals surface area contributed by atoms with Gasteiger partial charge in [0.2, 0.25) is 0 Å². The predicted octanol–water partition coefficient (Wildman–Crippen LogP) is 1.42. The lowest BCUT2D eigenvalue weighted by molar-refractivity contribution is -0.385. The number of carbonyl (C=O) groups excluding carboxylic acids is 2. The largest absolute Gasteiger partial charge is 0.467 e. The maximum atomic E-state index is 12.4. The van der Waals surface area contributed by atoms with Crippen LogP contribution in [0.4, 0.5) is 5.69 Å². The number of likely N-dealkylation sites (tertiary alicyclic amines) is 1. The van der Waals surface area contributed by atoms with Gasteiger partial charge in [-0.15, -0.1) is 0 Å². The fourth-order valence-electron chi connectivity index (χ4n) is 2.23. The maximum Gasteiger partial charge on any atom is 0.328 e. The Labute approximate surface area is 124 Å². The SMILES string of the molecule is COC(=O)C1CCCN1C(=O)c1cc([N+](=O)[O-])cnc1Cl. The molecule has 1 fully saturated rings. The minimum atomic E-state index is -0.696. The van der Waals surface area contributed by atoms with Crippen LogP contribution in [0.25, 0.3) is 0 Å². The van der Waals surface area contributed by atoms with E-state index < -0.39 is 22.8 Å². The van der Waals surface area contributed by atoms with Crippen molar-refractivity contribution in [3.05, 3.63) is 33.1 Å². The van der Waals surface area contributed by atoms with Crippen molar-refractivity contribution < 1.29 is 19.2 Å². The Morgan fingerprint density at radius 1 is 1.57 bits per heavy atom. The molecule has 8 nitrogen and oxygen atoms in total. The third kappa shape index (κ3) is 2.94. The van der Waals surface area contributed by atoms with Crippen LogP contribution in [0.2, 0.25) is 5.15 Å². The molecule has 1 saturated heterocycles. The van der Waals surface area contributed by atoms with E-state index in [9.17, 15) is 19.7 Å². The molecule has 1 aliphatic rings. The van der Waals surface area contributed by atoms with E-state index in [0.29, 0.717) is 19.4 Å². The normalized spacial score (nSPS) is 17.6. The zero-order valence-corrected chi connectivity index (χ0v) is 11.9. The van der Waals surface area contributed by atoms with Crippen molar-refractivity contribution in [2.45, 2.75) is 18.9 Å². The standard InChI is InChI=1S/C12H12ClN3O5/c1-21-12(18)9-3-2-4-15(9)11(17)8-5-7(16(19)20)6-14-10(8)13/h5-6,9H,2-4H2,1H3. The number of esters is 1. The van der Waals surface area contributed by atoms with Gasteiger partial charge in [-0.1, -0.05) is 11.6 Å². The van der Waals surface area contributed by atoms with Crippen molar-refractivity contribution in [2.75, 3.05) is 13.7 Å². The minimum absolute atomic E-state index is 0.0957. The summed E-state index contributed by atoms with van der Waals surface area (Å²) in [6.07, 6.45) is 2.10. The lowest BCUT2D eigenvalue weighted by Gasteiger charge is -2.22. The lowest BCUT2D eigenvalue weighted by atomic mass is 10.2. The highest BCUT2D eigenvalue weighted by molar-refractivity contribution is 6.32. The topological polar surface area (TPSA) is 103 Å². The molecule has 0 bridgehead atoms. The van der Waals surface area contributed by atoms with E-state index in [1.165, 1.54) is 12.0 Å². The van der Waals surface area contributed by atoms with Gasteiger partial charge in [-0.05, 0) is 12.8 Å². The van der Waals surface area contributed by atoms with Crippen LogP contribution in [-0.4, -0.2) is 46.4 Å². The number of hydrogen-bond acceptors (Lipinski definition) is 6. The smallest absolute Gasteiger partial charge is 0.328 e. The average molecular weight is 314 g/mol. The van der Waals surface area contributed by atoms with Crippen LogP contribution in [0.5, 0.6) is 0 Å². The highest BCUT2D eigenvalue weighted by Gasteiger charge is 2.36. The molecular formula is C12H12ClN3O5. The van der Waals surface area contributed by atoms with E-state index >= 15 is 0 Å². The summed E-state index contributed by atoms with van der Waals surface area (Å²) in [6, 6.07) is 0.363. The summed E-state index contributed by atoms with van der Waals surface area (Å²) in [6.45, 7) is 0.359. The van der Waals surface area contributed by atoms with E-state index in [1.807, 2.05) is 0 Å². The van der Waals surface area contributed by atoms with Crippen molar-refractivity contribution >= 4 is 29.2 Å². The molecule has 0 aromatic carbocycles. The Balaban J connectivity index is 2.33. The number of carbonyl (C=O) groups is 2. The van der Waals surface area contributed by atoms with Crippen molar-refractivity contribution in [3.8, 4) is 0 Å². The fourth-order valence-corrected chi connectivity index (χ4v) is 2.42. The number of methoxy groups -OCH3 is 1. The molecule has 0 aliphatic carbocycles. The lowest BCUT2D eigenvalue weighted by Crippen LogP contribution is -2.41. The highest BCUT2D eigenvalue weighted by atomic mass is 35.5. The van der Waals surface area contributed by atoms with Crippen LogP contribution in [0, 0.1) is 10.1 Å². The van der Waals surface area contributed by atoms with Gasteiger partial charge in [-0.3, -0.25) is 14.9 Å². The van der Waals surface area contributed by atoms with Gasteiger partial charge in [0.15, 0.2) is 0 Å². The Morgan fingerprint density at radius 2 is 2.29 bits per heavy atom. The van der Waals surface area contributed by atoms with Gasteiger partial charge in [0, 0.05) is 12.6 Å². The van der Waals surface area contributed by atoms with Gasteiger partial charge in [-0.2, -0.15) is 0 Å². The van der Waals surface area contributed by atoms with Crippen molar-refractivity contribution in [1.29, 1.82) is 0 Å². The van der Waals surface area contributed by atoms with E-state index in [-0.39, 0.29) is 16.4 Å². The number of amides is 1. The second-order valence-electron chi connectivity index (χ2n) is 4.47. The molecule has 1 aliphatic heterocycles. The van der Waals surface area contributed by atoms with Crippen LogP contribution < -0.4 is 0 Å². The molecule has 0 N–H and O–H groups in total. The summed E-state index contributed by atoms with van der Waals surface area (Å²) >= 11 is 5.84. The fraction of sp³-hybridized carbons (Fsp3) is 0.417. The summed E-state index contributed by atoms with van der Waals surface area (Å²) in [5.41, 5.74) is -0.432. The first-order valence-electron chi connectivity index (χ1n) is 6.14. The van der Waals surface area contributed by atoms with E-state index in [0.717, 1.165) is 12.3 Å². The number of nitro groups is 1. The third-order valence-electron chi connectivity index (χ3n) is 3.25. The molecule has 2 rings (SSSR count). The number of pyridine rings is 1. The molecule has 1 atom stereocenters. The zero-order valence-electron chi connectivity index (χ0n) is 11.1. The summed E-state index contributed by atoms with van der Waals surface area (Å²) < 4.78 is 4.65. The van der Waals surface area contributed by atoms with Crippen LogP contribution in [0.1, 0.15) is 23.2 Å². The molecule has 2 heterocycles. The van der Waals surface area contributed by atoms with Crippen LogP contribution in [-0.2, 0) is 9.53 Å². The second kappa shape index (κ2) is 6.04. The Bertz CT molecular complexity index is 607. The Kier molecular flexibility index (Phi) is 4.37. The van der Waals surface area contributed by atoms with Crippen LogP contribution >= 0.6 is 11.6 Å². The molecule has 0 radical (unpaired) electrons. The molecule has 1 aromatic heterocycles. The van der Waals surface area contributed by atoms with E-state index in [4.69, 9.17) is 11.6 Å². The molecule has 1 amide bonds. The quantitative estimate of drug-likeness (QED) is 0.362. The highest BCUT2D eigenvalue weighted by Crippen LogP contribution is 2.25. The molecule has 112 valence electrons. The monoisotopic (exact) mass is 313 g/mol. The van der Waals surface area contributed by atoms with Gasteiger partial charge in [0.05, 0.1) is 17.6 Å². The minimum Gasteiger partial charge on any atom is -0.467 e. The number of nitrogens with zero attached hydrogens (tertiary/aromatic N) is 3. The molecule has 1 unspecified atom stereocenters. The molecule has 9 heteroatoms. The summed E-state index contributed by atoms with van der Waals surface area (Å²) in [7, 11) is 1.24. The maximum absolute atomic E-state index is 12.4. The molecule has 0 spiro atoms. The van der Waals surface area contributed by atoms with E-state index in [2.05, 4.69) is 9.72 Å². The van der Waals surface area contributed by atoms with Gasteiger partial charge in [0.25, 0.3) is 11.6 Å². The molecular weight excluding hydrogens is 302 g/mol. The molecule has 21 heavy (non-hydrogen) atoms.